The maximum absolute atomic E-state index is 11.8. The molecule has 0 unspecified atom stereocenters. The number of urea groups is 1. The number of carbonyl (C=O) groups excluding carboxylic acids is 1. The van der Waals surface area contributed by atoms with Crippen LogP contribution in [0.2, 0.25) is 0 Å². The van der Waals surface area contributed by atoms with E-state index in [1.807, 2.05) is 60.4 Å². The summed E-state index contributed by atoms with van der Waals surface area (Å²) in [5.41, 5.74) is 1.63. The van der Waals surface area contributed by atoms with Gasteiger partial charge in [-0.3, -0.25) is 4.68 Å². The van der Waals surface area contributed by atoms with Crippen molar-refractivity contribution in [3.8, 4) is 11.4 Å². The number of carbonyl (C=O) groups is 1. The number of nitrogens with one attached hydrogen (secondary N) is 2. The van der Waals surface area contributed by atoms with Crippen LogP contribution in [0.1, 0.15) is 0 Å². The molecule has 0 spiro atoms. The highest BCUT2D eigenvalue weighted by Gasteiger charge is 2.04. The second-order valence-corrected chi connectivity index (χ2v) is 5.12. The van der Waals surface area contributed by atoms with Crippen molar-refractivity contribution in [2.45, 2.75) is 6.54 Å². The number of nitrogens with zero attached hydrogens (tertiary/aromatic N) is 4. The summed E-state index contributed by atoms with van der Waals surface area (Å²) < 4.78 is 3.66. The maximum atomic E-state index is 11.8. The lowest BCUT2D eigenvalue weighted by molar-refractivity contribution is 0.251. The Balaban J connectivity index is 1.50. The molecule has 3 aromatic rings. The second kappa shape index (κ2) is 6.78. The fourth-order valence-electron chi connectivity index (χ4n) is 2.17. The molecule has 3 rings (SSSR count). The van der Waals surface area contributed by atoms with Gasteiger partial charge in [0.1, 0.15) is 6.33 Å². The van der Waals surface area contributed by atoms with Gasteiger partial charge in [0, 0.05) is 43.8 Å². The molecular formula is C16H18N6O. The normalized spacial score (nSPS) is 10.5. The van der Waals surface area contributed by atoms with Gasteiger partial charge in [-0.05, 0) is 36.4 Å². The van der Waals surface area contributed by atoms with Crippen LogP contribution in [-0.2, 0) is 13.6 Å². The summed E-state index contributed by atoms with van der Waals surface area (Å²) in [6.45, 7) is 1.31. The Morgan fingerprint density at radius 3 is 2.57 bits per heavy atom. The van der Waals surface area contributed by atoms with Crippen LogP contribution in [0.3, 0.4) is 0 Å². The molecule has 0 aliphatic heterocycles. The molecule has 7 heteroatoms. The standard InChI is InChI=1S/C16H18N6O/c1-21-12-18-15(20-21)13-4-6-14(7-5-13)19-16(23)17-8-11-22-9-2-3-10-22/h2-7,9-10,12H,8,11H2,1H3,(H2,17,19,23). The summed E-state index contributed by atoms with van der Waals surface area (Å²) >= 11 is 0. The van der Waals surface area contributed by atoms with Crippen molar-refractivity contribution >= 4 is 11.7 Å². The van der Waals surface area contributed by atoms with Gasteiger partial charge in [0.15, 0.2) is 5.82 Å². The Hall–Kier alpha value is -3.09. The summed E-state index contributed by atoms with van der Waals surface area (Å²) in [7, 11) is 1.82. The van der Waals surface area contributed by atoms with Crippen LogP contribution in [0.5, 0.6) is 0 Å². The number of aryl methyl sites for hydroxylation is 1. The van der Waals surface area contributed by atoms with E-state index in [0.29, 0.717) is 12.4 Å². The molecule has 118 valence electrons. The van der Waals surface area contributed by atoms with Crippen molar-refractivity contribution in [1.82, 2.24) is 24.6 Å². The maximum Gasteiger partial charge on any atom is 0.319 e. The molecule has 0 saturated heterocycles. The number of anilines is 1. The molecule has 0 saturated carbocycles. The molecule has 2 N–H and O–H groups in total. The Labute approximate surface area is 134 Å². The van der Waals surface area contributed by atoms with Crippen molar-refractivity contribution in [2.75, 3.05) is 11.9 Å². The van der Waals surface area contributed by atoms with Crippen molar-refractivity contribution in [3.05, 3.63) is 55.1 Å². The van der Waals surface area contributed by atoms with Crippen LogP contribution in [0.4, 0.5) is 10.5 Å². The summed E-state index contributed by atoms with van der Waals surface area (Å²) in [4.78, 5) is 16.0. The average molecular weight is 310 g/mol. The van der Waals surface area contributed by atoms with Gasteiger partial charge in [0.25, 0.3) is 0 Å². The topological polar surface area (TPSA) is 76.8 Å². The third kappa shape index (κ3) is 3.97. The van der Waals surface area contributed by atoms with Crippen molar-refractivity contribution < 1.29 is 4.79 Å². The molecule has 1 aromatic carbocycles. The molecule has 0 bridgehead atoms. The average Bonchev–Trinajstić information content (AvgIpc) is 3.20. The van der Waals surface area contributed by atoms with E-state index in [1.54, 1.807) is 11.0 Å². The third-order valence-corrected chi connectivity index (χ3v) is 3.32. The lowest BCUT2D eigenvalue weighted by Crippen LogP contribution is -2.31. The first-order valence-electron chi connectivity index (χ1n) is 7.32. The van der Waals surface area contributed by atoms with E-state index in [-0.39, 0.29) is 6.03 Å². The minimum atomic E-state index is -0.221. The van der Waals surface area contributed by atoms with Crippen molar-refractivity contribution in [1.29, 1.82) is 0 Å². The van der Waals surface area contributed by atoms with Crippen LogP contribution in [0.15, 0.2) is 55.1 Å². The number of hydrogen-bond acceptors (Lipinski definition) is 3. The first-order chi connectivity index (χ1) is 11.2. The zero-order valence-corrected chi connectivity index (χ0v) is 12.8. The first kappa shape index (κ1) is 14.8. The van der Waals surface area contributed by atoms with Crippen molar-refractivity contribution in [3.63, 3.8) is 0 Å². The van der Waals surface area contributed by atoms with Crippen LogP contribution in [0.25, 0.3) is 11.4 Å². The monoisotopic (exact) mass is 310 g/mol. The van der Waals surface area contributed by atoms with Gasteiger partial charge < -0.3 is 15.2 Å². The van der Waals surface area contributed by atoms with Crippen LogP contribution < -0.4 is 10.6 Å². The van der Waals surface area contributed by atoms with Crippen LogP contribution in [0, 0.1) is 0 Å². The molecule has 0 radical (unpaired) electrons. The van der Waals surface area contributed by atoms with Gasteiger partial charge in [-0.15, -0.1) is 0 Å². The van der Waals surface area contributed by atoms with Gasteiger partial charge in [-0.25, -0.2) is 9.78 Å². The van der Waals surface area contributed by atoms with E-state index in [2.05, 4.69) is 20.7 Å². The first-order valence-corrected chi connectivity index (χ1v) is 7.32. The molecule has 2 heterocycles. The largest absolute Gasteiger partial charge is 0.353 e. The number of rotatable bonds is 5. The van der Waals surface area contributed by atoms with Gasteiger partial charge in [-0.2, -0.15) is 5.10 Å². The molecule has 2 amide bonds. The minimum Gasteiger partial charge on any atom is -0.353 e. The van der Waals surface area contributed by atoms with Gasteiger partial charge in [-0.1, -0.05) is 0 Å². The fourth-order valence-corrected chi connectivity index (χ4v) is 2.17. The molecule has 23 heavy (non-hydrogen) atoms. The Bertz CT molecular complexity index is 760. The molecule has 0 fully saturated rings. The Morgan fingerprint density at radius 2 is 1.91 bits per heavy atom. The smallest absolute Gasteiger partial charge is 0.319 e. The predicted molar refractivity (Wildman–Crippen MR) is 87.9 cm³/mol. The number of hydrogen-bond donors (Lipinski definition) is 2. The van der Waals surface area contributed by atoms with Crippen LogP contribution >= 0.6 is 0 Å². The fraction of sp³-hybridized carbons (Fsp3) is 0.188. The van der Waals surface area contributed by atoms with E-state index < -0.39 is 0 Å². The molecule has 7 nitrogen and oxygen atoms in total. The highest BCUT2D eigenvalue weighted by atomic mass is 16.2. The van der Waals surface area contributed by atoms with Gasteiger partial charge in [0.05, 0.1) is 0 Å². The quantitative estimate of drug-likeness (QED) is 0.757. The minimum absolute atomic E-state index is 0.221. The number of benzene rings is 1. The van der Waals surface area contributed by atoms with Gasteiger partial charge >= 0.3 is 6.03 Å². The summed E-state index contributed by atoms with van der Waals surface area (Å²) in [5.74, 6) is 0.662. The zero-order chi connectivity index (χ0) is 16.1. The molecule has 0 aliphatic carbocycles. The molecular weight excluding hydrogens is 292 g/mol. The van der Waals surface area contributed by atoms with E-state index in [4.69, 9.17) is 0 Å². The van der Waals surface area contributed by atoms with E-state index in [9.17, 15) is 4.79 Å². The summed E-state index contributed by atoms with van der Waals surface area (Å²) in [6, 6.07) is 11.1. The molecule has 0 aliphatic rings. The highest BCUT2D eigenvalue weighted by molar-refractivity contribution is 5.89. The SMILES string of the molecule is Cn1cnc(-c2ccc(NC(=O)NCCn3cccc3)cc2)n1. The van der Waals surface area contributed by atoms with Gasteiger partial charge in [0.2, 0.25) is 0 Å². The summed E-state index contributed by atoms with van der Waals surface area (Å²) in [6.07, 6.45) is 5.58. The Morgan fingerprint density at radius 1 is 1.17 bits per heavy atom. The summed E-state index contributed by atoms with van der Waals surface area (Å²) in [5, 5.41) is 9.86. The third-order valence-electron chi connectivity index (χ3n) is 3.32. The number of amides is 2. The van der Waals surface area contributed by atoms with E-state index in [0.717, 1.165) is 17.8 Å². The zero-order valence-electron chi connectivity index (χ0n) is 12.8. The van der Waals surface area contributed by atoms with Crippen LogP contribution in [-0.4, -0.2) is 31.9 Å². The number of aromatic nitrogens is 4. The lowest BCUT2D eigenvalue weighted by atomic mass is 10.2. The van der Waals surface area contributed by atoms with E-state index >= 15 is 0 Å². The Kier molecular flexibility index (Phi) is 4.37. The lowest BCUT2D eigenvalue weighted by Gasteiger charge is -2.08. The van der Waals surface area contributed by atoms with Crippen molar-refractivity contribution in [2.24, 2.45) is 7.05 Å². The molecule has 0 atom stereocenters. The molecule has 2 aromatic heterocycles. The second-order valence-electron chi connectivity index (χ2n) is 5.12. The van der Waals surface area contributed by atoms with E-state index in [1.165, 1.54) is 0 Å². The highest BCUT2D eigenvalue weighted by Crippen LogP contribution is 2.17. The predicted octanol–water partition coefficient (Wildman–Crippen LogP) is 2.11.